The molecule has 0 nitrogen and oxygen atoms in total. The summed E-state index contributed by atoms with van der Waals surface area (Å²) in [6, 6.07) is 0. The molecular formula is CH2ClIMg. The zero-order chi connectivity index (χ0) is 2.00. The van der Waals surface area contributed by atoms with Crippen molar-refractivity contribution in [3.05, 3.63) is 4.93 Å². The normalized spacial score (nSPS) is 1.50. The smallest absolute Gasteiger partial charge is 1.00 e. The summed E-state index contributed by atoms with van der Waals surface area (Å²) < 4.78 is 0. The fraction of sp³-hybridized carbons (Fsp3) is 0. The SMILES string of the molecule is [CH2-]I.[Cl-].[Mg+2]. The summed E-state index contributed by atoms with van der Waals surface area (Å²) in [5, 5.41) is 0. The first-order chi connectivity index (χ1) is 1.00. The molecule has 0 N–H and O–H groups in total. The standard InChI is InChI=1S/CH2I.ClH.Mg/c1-2;;/h1H2;1H;/q-1;;+2/p-1. The quantitative estimate of drug-likeness (QED) is 0.237. The second-order valence-electron chi connectivity index (χ2n) is 0. The monoisotopic (exact) mass is 200 g/mol. The Labute approximate surface area is 62.4 Å². The summed E-state index contributed by atoms with van der Waals surface area (Å²) in [4.78, 5) is 3.22. The Morgan fingerprint density at radius 3 is 1.25 bits per heavy atom. The molecule has 0 fully saturated rings. The number of rotatable bonds is 0. The first-order valence-corrected chi connectivity index (χ1v) is 1.79. The van der Waals surface area contributed by atoms with Crippen LogP contribution in [0.25, 0.3) is 0 Å². The fourth-order valence-electron chi connectivity index (χ4n) is 0. The van der Waals surface area contributed by atoms with Crippen molar-refractivity contribution in [2.24, 2.45) is 0 Å². The van der Waals surface area contributed by atoms with E-state index >= 15 is 0 Å². The Morgan fingerprint density at radius 1 is 1.25 bits per heavy atom. The minimum atomic E-state index is 0. The van der Waals surface area contributed by atoms with Crippen LogP contribution in [0.4, 0.5) is 0 Å². The van der Waals surface area contributed by atoms with Gasteiger partial charge in [0.1, 0.15) is 0 Å². The zero-order valence-electron chi connectivity index (χ0n) is 2.17. The third-order valence-electron chi connectivity index (χ3n) is 0. The van der Waals surface area contributed by atoms with Crippen molar-refractivity contribution >= 4 is 45.6 Å². The third kappa shape index (κ3) is 9.21. The fourth-order valence-corrected chi connectivity index (χ4v) is 0. The van der Waals surface area contributed by atoms with Crippen molar-refractivity contribution < 1.29 is 12.4 Å². The van der Waals surface area contributed by atoms with Gasteiger partial charge in [-0.15, -0.1) is 0 Å². The predicted molar refractivity (Wildman–Crippen MR) is 25.1 cm³/mol. The van der Waals surface area contributed by atoms with E-state index in [1.54, 1.807) is 0 Å². The minimum Gasteiger partial charge on any atom is -1.00 e. The van der Waals surface area contributed by atoms with Gasteiger partial charge in [0.05, 0.1) is 0 Å². The molecule has 0 atom stereocenters. The molecule has 0 aliphatic carbocycles. The first kappa shape index (κ1) is 17.1. The Kier molecular flexibility index (Phi) is 91.8. The zero-order valence-corrected chi connectivity index (χ0v) is 6.50. The summed E-state index contributed by atoms with van der Waals surface area (Å²) >= 11 is 1.90. The van der Waals surface area contributed by atoms with Gasteiger partial charge in [-0.3, -0.25) is 4.93 Å². The molecule has 0 aromatic heterocycles. The molecule has 0 radical (unpaired) electrons. The summed E-state index contributed by atoms with van der Waals surface area (Å²) in [6.45, 7) is 0. The number of hydrogen-bond donors (Lipinski definition) is 0. The van der Waals surface area contributed by atoms with Crippen LogP contribution in [0.5, 0.6) is 0 Å². The van der Waals surface area contributed by atoms with Gasteiger partial charge in [0, 0.05) is 0 Å². The summed E-state index contributed by atoms with van der Waals surface area (Å²) in [5.41, 5.74) is 0. The maximum absolute atomic E-state index is 3.22. The Hall–Kier alpha value is 1.79. The van der Waals surface area contributed by atoms with E-state index in [2.05, 4.69) is 4.93 Å². The van der Waals surface area contributed by atoms with Gasteiger partial charge in [-0.2, -0.15) is 0 Å². The van der Waals surface area contributed by atoms with Crippen LogP contribution in [0.1, 0.15) is 0 Å². The van der Waals surface area contributed by atoms with E-state index < -0.39 is 0 Å². The van der Waals surface area contributed by atoms with Crippen LogP contribution in [0, 0.1) is 4.93 Å². The average Bonchev–Trinajstić information content (AvgIpc) is 1.00. The molecule has 0 saturated heterocycles. The van der Waals surface area contributed by atoms with Crippen molar-refractivity contribution in [3.8, 4) is 0 Å². The summed E-state index contributed by atoms with van der Waals surface area (Å²) in [5.74, 6) is 0. The van der Waals surface area contributed by atoms with E-state index in [1.807, 2.05) is 22.6 Å². The van der Waals surface area contributed by atoms with Gasteiger partial charge in [-0.05, 0) is 0 Å². The van der Waals surface area contributed by atoms with Crippen LogP contribution >= 0.6 is 22.6 Å². The third-order valence-corrected chi connectivity index (χ3v) is 0. The number of halogens is 2. The maximum Gasteiger partial charge on any atom is 2.00 e. The molecule has 0 aliphatic rings. The van der Waals surface area contributed by atoms with Crippen molar-refractivity contribution in [1.82, 2.24) is 0 Å². The summed E-state index contributed by atoms with van der Waals surface area (Å²) in [6.07, 6.45) is 0. The largest absolute Gasteiger partial charge is 2.00 e. The van der Waals surface area contributed by atoms with Crippen molar-refractivity contribution in [2.45, 2.75) is 0 Å². The Bertz CT molecular complexity index is 8.00. The Morgan fingerprint density at radius 2 is 1.25 bits per heavy atom. The number of hydrogen-bond acceptors (Lipinski definition) is 0. The maximum atomic E-state index is 3.22. The van der Waals surface area contributed by atoms with Gasteiger partial charge < -0.3 is 35.0 Å². The van der Waals surface area contributed by atoms with E-state index in [0.29, 0.717) is 0 Å². The van der Waals surface area contributed by atoms with Crippen molar-refractivity contribution in [1.29, 1.82) is 0 Å². The van der Waals surface area contributed by atoms with Crippen LogP contribution in [0.15, 0.2) is 0 Å². The first-order valence-electron chi connectivity index (χ1n) is 0.267. The van der Waals surface area contributed by atoms with Crippen LogP contribution in [-0.4, -0.2) is 23.1 Å². The van der Waals surface area contributed by atoms with Gasteiger partial charge in [0.15, 0.2) is 0 Å². The van der Waals surface area contributed by atoms with Crippen LogP contribution in [0.3, 0.4) is 0 Å². The van der Waals surface area contributed by atoms with Gasteiger partial charge >= 0.3 is 23.1 Å². The predicted octanol–water partition coefficient (Wildman–Crippen LogP) is -2.16. The van der Waals surface area contributed by atoms with E-state index in [-0.39, 0.29) is 35.5 Å². The average molecular weight is 201 g/mol. The topological polar surface area (TPSA) is 0 Å². The molecule has 0 rings (SSSR count). The van der Waals surface area contributed by atoms with Crippen molar-refractivity contribution in [3.63, 3.8) is 0 Å². The molecule has 4 heavy (non-hydrogen) atoms. The van der Waals surface area contributed by atoms with Gasteiger partial charge in [-0.1, -0.05) is 0 Å². The molecule has 0 aromatic rings. The van der Waals surface area contributed by atoms with Gasteiger partial charge in [0.25, 0.3) is 0 Å². The van der Waals surface area contributed by atoms with E-state index in [1.165, 1.54) is 0 Å². The van der Waals surface area contributed by atoms with E-state index in [0.717, 1.165) is 0 Å². The Balaban J connectivity index is -0.00000000500. The second-order valence-corrected chi connectivity index (χ2v) is 0. The van der Waals surface area contributed by atoms with E-state index in [4.69, 9.17) is 0 Å². The molecular weight excluding hydrogens is 199 g/mol. The second kappa shape index (κ2) is 21.5. The minimum absolute atomic E-state index is 0. The molecule has 0 spiro atoms. The van der Waals surface area contributed by atoms with Crippen LogP contribution < -0.4 is 12.4 Å². The molecule has 22 valence electrons. The molecule has 0 amide bonds. The molecule has 0 aliphatic heterocycles. The van der Waals surface area contributed by atoms with Gasteiger partial charge in [0.2, 0.25) is 0 Å². The van der Waals surface area contributed by atoms with Gasteiger partial charge in [-0.25, -0.2) is 0 Å². The van der Waals surface area contributed by atoms with Crippen LogP contribution in [-0.2, 0) is 0 Å². The molecule has 0 heterocycles. The van der Waals surface area contributed by atoms with E-state index in [9.17, 15) is 0 Å². The molecule has 0 unspecified atom stereocenters. The molecule has 3 heteroatoms. The summed E-state index contributed by atoms with van der Waals surface area (Å²) in [7, 11) is 0. The van der Waals surface area contributed by atoms with Crippen molar-refractivity contribution in [2.75, 3.05) is 0 Å². The molecule has 0 saturated carbocycles. The molecule has 0 bridgehead atoms. The van der Waals surface area contributed by atoms with Crippen LogP contribution in [0.2, 0.25) is 0 Å². The molecule has 0 aromatic carbocycles.